The quantitative estimate of drug-likeness (QED) is 0.339. The van der Waals surface area contributed by atoms with Gasteiger partial charge < -0.3 is 24.3 Å². The molecule has 175 valence electrons. The Balaban J connectivity index is 1.28. The van der Waals surface area contributed by atoms with Gasteiger partial charge in [0.05, 0.1) is 24.9 Å². The Morgan fingerprint density at radius 2 is 1.97 bits per heavy atom. The lowest BCUT2D eigenvalue weighted by atomic mass is 10.2. The summed E-state index contributed by atoms with van der Waals surface area (Å²) in [5, 5.41) is 7.74. The van der Waals surface area contributed by atoms with Crippen LogP contribution in [0, 0.1) is 0 Å². The van der Waals surface area contributed by atoms with Crippen LogP contribution < -0.4 is 14.8 Å². The van der Waals surface area contributed by atoms with Gasteiger partial charge in [-0.25, -0.2) is 9.67 Å². The van der Waals surface area contributed by atoms with Crippen molar-refractivity contribution < 1.29 is 18.9 Å². The van der Waals surface area contributed by atoms with Crippen molar-refractivity contribution in [1.82, 2.24) is 20.1 Å². The molecule has 1 aliphatic heterocycles. The predicted octanol–water partition coefficient (Wildman–Crippen LogP) is 3.83. The average molecular weight is 468 g/mol. The van der Waals surface area contributed by atoms with E-state index in [2.05, 4.69) is 28.5 Å². The molecule has 1 aromatic carbocycles. The maximum Gasteiger partial charge on any atom is 0.219 e. The lowest BCUT2D eigenvalue weighted by molar-refractivity contribution is 0.0592. The van der Waals surface area contributed by atoms with Crippen LogP contribution in [0.15, 0.2) is 54.9 Å². The van der Waals surface area contributed by atoms with Crippen LogP contribution in [0.4, 0.5) is 0 Å². The van der Waals surface area contributed by atoms with Gasteiger partial charge in [0.2, 0.25) is 5.88 Å². The van der Waals surface area contributed by atoms with Gasteiger partial charge in [-0.15, -0.1) is 0 Å². The van der Waals surface area contributed by atoms with Crippen LogP contribution >= 0.6 is 0 Å². The van der Waals surface area contributed by atoms with E-state index in [4.69, 9.17) is 18.9 Å². The van der Waals surface area contributed by atoms with Gasteiger partial charge in [-0.1, -0.05) is 13.1 Å². The van der Waals surface area contributed by atoms with E-state index in [0.29, 0.717) is 31.6 Å². The summed E-state index contributed by atoms with van der Waals surface area (Å²) in [5.74, 6) is 2.02. The Bertz CT molecular complexity index is 973. The van der Waals surface area contributed by atoms with Crippen LogP contribution in [-0.2, 0) is 16.2 Å². The second-order valence-corrected chi connectivity index (χ2v) is 11.1. The van der Waals surface area contributed by atoms with Crippen molar-refractivity contribution in [2.24, 2.45) is 0 Å². The van der Waals surface area contributed by atoms with Crippen LogP contribution in [0.25, 0.3) is 11.3 Å². The van der Waals surface area contributed by atoms with Crippen LogP contribution in [0.1, 0.15) is 0 Å². The van der Waals surface area contributed by atoms with E-state index < -0.39 is 0 Å². The molecule has 1 atom stereocenters. The maximum absolute atomic E-state index is 5.89. The third-order valence-electron chi connectivity index (χ3n) is 5.20. The van der Waals surface area contributed by atoms with Gasteiger partial charge in [0, 0.05) is 46.0 Å². The topological polar surface area (TPSA) is 79.7 Å². The van der Waals surface area contributed by atoms with E-state index >= 15 is 0 Å². The molecule has 1 aliphatic rings. The van der Waals surface area contributed by atoms with Crippen molar-refractivity contribution in [3.8, 4) is 28.6 Å². The molecule has 1 unspecified atom stereocenters. The van der Waals surface area contributed by atoms with Gasteiger partial charge in [-0.3, -0.25) is 0 Å². The number of morpholine rings is 1. The van der Waals surface area contributed by atoms with Crippen molar-refractivity contribution in [3.05, 3.63) is 54.9 Å². The smallest absolute Gasteiger partial charge is 0.219 e. The largest absolute Gasteiger partial charge is 0.492 e. The summed E-state index contributed by atoms with van der Waals surface area (Å²) in [6.45, 7) is 8.65. The van der Waals surface area contributed by atoms with E-state index in [1.165, 1.54) is 0 Å². The second kappa shape index (κ2) is 11.9. The molecule has 33 heavy (non-hydrogen) atoms. The molecule has 1 radical (unpaired) electrons. The van der Waals surface area contributed by atoms with E-state index in [1.54, 1.807) is 12.4 Å². The molecule has 3 heterocycles. The van der Waals surface area contributed by atoms with E-state index in [1.807, 2.05) is 47.1 Å². The first kappa shape index (κ1) is 23.4. The highest BCUT2D eigenvalue weighted by Gasteiger charge is 2.13. The Morgan fingerprint density at radius 1 is 1.12 bits per heavy atom. The highest BCUT2D eigenvalue weighted by molar-refractivity contribution is 6.55. The number of hydrogen-bond acceptors (Lipinski definition) is 7. The maximum atomic E-state index is 5.89. The molecule has 0 aliphatic carbocycles. The second-order valence-electron chi connectivity index (χ2n) is 8.21. The van der Waals surface area contributed by atoms with E-state index in [9.17, 15) is 0 Å². The van der Waals surface area contributed by atoms with Crippen LogP contribution in [0.3, 0.4) is 0 Å². The van der Waals surface area contributed by atoms with Crippen molar-refractivity contribution in [2.45, 2.75) is 31.9 Å². The Labute approximate surface area is 196 Å². The van der Waals surface area contributed by atoms with Crippen molar-refractivity contribution in [2.75, 3.05) is 33.0 Å². The van der Waals surface area contributed by atoms with Crippen LogP contribution in [0.5, 0.6) is 17.4 Å². The van der Waals surface area contributed by atoms with Crippen LogP contribution in [0.2, 0.25) is 19.1 Å². The first-order valence-electron chi connectivity index (χ1n) is 11.2. The number of rotatable bonds is 11. The number of benzene rings is 1. The summed E-state index contributed by atoms with van der Waals surface area (Å²) in [6, 6.07) is 14.7. The molecule has 3 aromatic rings. The summed E-state index contributed by atoms with van der Waals surface area (Å²) in [4.78, 5) is 4.46. The molecule has 0 saturated carbocycles. The van der Waals surface area contributed by atoms with Gasteiger partial charge in [0.25, 0.3) is 0 Å². The number of hydrogen-bond donors (Lipinski definition) is 1. The van der Waals surface area contributed by atoms with Gasteiger partial charge in [0.1, 0.15) is 24.8 Å². The normalized spacial score (nSPS) is 16.2. The number of ether oxygens (including phenoxy) is 4. The van der Waals surface area contributed by atoms with E-state index in [-0.39, 0.29) is 14.8 Å². The molecule has 1 N–H and O–H groups in total. The highest BCUT2D eigenvalue weighted by atomic mass is 28.3. The highest BCUT2D eigenvalue weighted by Crippen LogP contribution is 2.25. The molecular weight excluding hydrogens is 436 g/mol. The van der Waals surface area contributed by atoms with Gasteiger partial charge in [0.15, 0.2) is 0 Å². The van der Waals surface area contributed by atoms with Gasteiger partial charge >= 0.3 is 0 Å². The molecule has 0 bridgehead atoms. The fraction of sp³-hybridized carbons (Fsp3) is 0.417. The van der Waals surface area contributed by atoms with Gasteiger partial charge in [-0.2, -0.15) is 5.10 Å². The zero-order valence-corrected chi connectivity index (χ0v) is 20.2. The summed E-state index contributed by atoms with van der Waals surface area (Å²) in [6.07, 6.45) is 3.57. The summed E-state index contributed by atoms with van der Waals surface area (Å²) >= 11 is 0. The average Bonchev–Trinajstić information content (AvgIpc) is 3.31. The third kappa shape index (κ3) is 7.13. The Kier molecular flexibility index (Phi) is 8.48. The lowest BCUT2D eigenvalue weighted by Gasteiger charge is -2.23. The molecule has 9 heteroatoms. The number of nitrogens with zero attached hydrogens (tertiary/aromatic N) is 3. The van der Waals surface area contributed by atoms with Crippen LogP contribution in [-0.4, -0.2) is 62.6 Å². The molecule has 4 rings (SSSR count). The standard InChI is InChI=1S/C24H31N4O4Si/c1-33(2)14-13-30-18-28-23(9-10-27-28)19-3-8-24(26-15-19)32-22-6-4-21(5-7-22)31-17-20-16-29-12-11-25-20/h3-10,15,20,25H,11-14,16-18H2,1-2H3. The monoisotopic (exact) mass is 467 g/mol. The molecule has 1 fully saturated rings. The fourth-order valence-corrected chi connectivity index (χ4v) is 3.90. The lowest BCUT2D eigenvalue weighted by Crippen LogP contribution is -2.44. The minimum Gasteiger partial charge on any atom is -0.492 e. The molecule has 0 spiro atoms. The number of pyridine rings is 1. The Hall–Kier alpha value is -2.72. The predicted molar refractivity (Wildman–Crippen MR) is 128 cm³/mol. The molecule has 2 aromatic heterocycles. The summed E-state index contributed by atoms with van der Waals surface area (Å²) in [5.41, 5.74) is 1.93. The summed E-state index contributed by atoms with van der Waals surface area (Å²) < 4.78 is 24.8. The SMILES string of the molecule is C[Si](C)CCOCn1nccc1-c1ccc(Oc2ccc(OCC3COCCN3)cc2)nc1. The first-order chi connectivity index (χ1) is 16.2. The molecule has 8 nitrogen and oxygen atoms in total. The zero-order chi connectivity index (χ0) is 22.9. The van der Waals surface area contributed by atoms with Crippen molar-refractivity contribution in [1.29, 1.82) is 0 Å². The fourth-order valence-electron chi connectivity index (χ4n) is 3.35. The molecule has 1 saturated heterocycles. The number of nitrogens with one attached hydrogen (secondary N) is 1. The third-order valence-corrected chi connectivity index (χ3v) is 6.41. The molecule has 0 amide bonds. The van der Waals surface area contributed by atoms with Gasteiger partial charge in [-0.05, 0) is 42.4 Å². The zero-order valence-electron chi connectivity index (χ0n) is 19.2. The van der Waals surface area contributed by atoms with E-state index in [0.717, 1.165) is 42.8 Å². The number of aromatic nitrogens is 3. The minimum atomic E-state index is -0.270. The van der Waals surface area contributed by atoms with Crippen molar-refractivity contribution >= 4 is 8.80 Å². The molecular formula is C24H31N4O4Si. The first-order valence-corrected chi connectivity index (χ1v) is 13.9. The van der Waals surface area contributed by atoms with Crippen molar-refractivity contribution in [3.63, 3.8) is 0 Å². The summed E-state index contributed by atoms with van der Waals surface area (Å²) in [7, 11) is -0.270. The Morgan fingerprint density at radius 3 is 2.70 bits per heavy atom. The minimum absolute atomic E-state index is 0.224.